The number of benzene rings is 2. The molecule has 0 saturated carbocycles. The van der Waals surface area contributed by atoms with Gasteiger partial charge in [-0.1, -0.05) is 12.0 Å². The van der Waals surface area contributed by atoms with E-state index in [9.17, 15) is 13.6 Å². The molecule has 1 aromatic heterocycles. The lowest BCUT2D eigenvalue weighted by molar-refractivity contribution is 0.0121. The van der Waals surface area contributed by atoms with Crippen molar-refractivity contribution in [3.63, 3.8) is 0 Å². The van der Waals surface area contributed by atoms with Crippen molar-refractivity contribution in [2.24, 2.45) is 0 Å². The Balaban J connectivity index is 1.18. The molecular formula is C37H44F2N6O6. The summed E-state index contributed by atoms with van der Waals surface area (Å²) >= 11 is 0. The molecule has 4 aliphatic heterocycles. The van der Waals surface area contributed by atoms with Gasteiger partial charge in [-0.15, -0.1) is 11.4 Å². The van der Waals surface area contributed by atoms with Crippen LogP contribution in [0.4, 0.5) is 19.5 Å². The molecule has 0 N–H and O–H groups in total. The number of terminal acetylenes is 1. The van der Waals surface area contributed by atoms with Gasteiger partial charge in [-0.05, 0) is 76.6 Å². The number of carbonyl (C=O) groups excluding carboxylic acids is 1. The van der Waals surface area contributed by atoms with Gasteiger partial charge in [-0.3, -0.25) is 9.80 Å². The highest BCUT2D eigenvalue weighted by Gasteiger charge is 2.50. The third-order valence-corrected chi connectivity index (χ3v) is 10.1. The molecule has 4 atom stereocenters. The normalized spacial score (nSPS) is 24.5. The van der Waals surface area contributed by atoms with Crippen molar-refractivity contribution in [2.45, 2.75) is 88.9 Å². The van der Waals surface area contributed by atoms with E-state index < -0.39 is 23.1 Å². The predicted octanol–water partition coefficient (Wildman–Crippen LogP) is 5.25. The van der Waals surface area contributed by atoms with E-state index in [2.05, 4.69) is 15.8 Å². The third kappa shape index (κ3) is 7.19. The van der Waals surface area contributed by atoms with Crippen LogP contribution in [-0.4, -0.2) is 107 Å². The molecule has 0 radical (unpaired) electrons. The van der Waals surface area contributed by atoms with Gasteiger partial charge in [0.1, 0.15) is 36.6 Å². The Bertz CT molecular complexity index is 1820. The van der Waals surface area contributed by atoms with Crippen LogP contribution in [0, 0.1) is 18.2 Å². The summed E-state index contributed by atoms with van der Waals surface area (Å²) in [7, 11) is 1.52. The van der Waals surface area contributed by atoms with Crippen LogP contribution in [0.15, 0.2) is 24.3 Å². The second kappa shape index (κ2) is 13.9. The highest BCUT2D eigenvalue weighted by atomic mass is 19.1. The number of hydrogen-bond donors (Lipinski definition) is 0. The van der Waals surface area contributed by atoms with E-state index in [1.165, 1.54) is 13.2 Å². The molecule has 4 saturated heterocycles. The zero-order valence-electron chi connectivity index (χ0n) is 29.5. The minimum atomic E-state index is -0.908. The van der Waals surface area contributed by atoms with Crippen molar-refractivity contribution < 1.29 is 37.3 Å². The number of ether oxygens (including phenoxy) is 5. The Morgan fingerprint density at radius 1 is 1.06 bits per heavy atom. The smallest absolute Gasteiger partial charge is 0.410 e. The van der Waals surface area contributed by atoms with Gasteiger partial charge in [-0.2, -0.15) is 9.97 Å². The Morgan fingerprint density at radius 3 is 2.51 bits per heavy atom. The standard InChI is InChI=1S/C37H44F2N6O6/c1-6-29-30(39)11-8-23-14-28(50-22-47-5)15-24(31(23)29)20-48-33-40-32(41-34(42-33)49-21-37-12-7-13-44(37)17-25(38)16-37)43-18-26-9-10-27(19-43)45(26)35(46)51-36(2,3)4/h1,8,11,14-15,25-27H,7,9-10,12-13,16-22H2,2-5H3/t25-,26-,27+,37+/m1/s1. The van der Waals surface area contributed by atoms with Gasteiger partial charge in [0.05, 0.1) is 23.2 Å². The van der Waals surface area contributed by atoms with Gasteiger partial charge in [-0.25, -0.2) is 13.6 Å². The van der Waals surface area contributed by atoms with Crippen molar-refractivity contribution >= 4 is 22.8 Å². The van der Waals surface area contributed by atoms with Crippen LogP contribution < -0.4 is 19.1 Å². The average Bonchev–Trinajstić information content (AvgIpc) is 3.71. The van der Waals surface area contributed by atoms with E-state index in [0.717, 1.165) is 32.2 Å². The molecule has 0 unspecified atom stereocenters. The lowest BCUT2D eigenvalue weighted by Crippen LogP contribution is -2.57. The molecule has 2 aromatic carbocycles. The lowest BCUT2D eigenvalue weighted by atomic mass is 9.95. The monoisotopic (exact) mass is 706 g/mol. The Kier molecular flexibility index (Phi) is 9.54. The van der Waals surface area contributed by atoms with E-state index in [-0.39, 0.29) is 55.8 Å². The Labute approximate surface area is 296 Å². The highest BCUT2D eigenvalue weighted by Crippen LogP contribution is 2.41. The van der Waals surface area contributed by atoms with Crippen LogP contribution in [0.2, 0.25) is 0 Å². The van der Waals surface area contributed by atoms with Gasteiger partial charge in [0, 0.05) is 44.1 Å². The lowest BCUT2D eigenvalue weighted by Gasteiger charge is -2.41. The average molecular weight is 707 g/mol. The molecule has 1 amide bonds. The van der Waals surface area contributed by atoms with Gasteiger partial charge in [0.2, 0.25) is 5.95 Å². The fourth-order valence-electron chi connectivity index (χ4n) is 8.03. The SMILES string of the molecule is C#Cc1c(F)ccc2cc(OCOC)cc(COc3nc(OC[C@@]45CCCN4C[C@H](F)C5)nc(N4C[C@H]5CC[C@@H](C4)N5C(=O)OC(C)(C)C)n3)c12. The molecule has 0 spiro atoms. The number of halogens is 2. The van der Waals surface area contributed by atoms with Crippen molar-refractivity contribution in [2.75, 3.05) is 51.6 Å². The van der Waals surface area contributed by atoms with Gasteiger partial charge < -0.3 is 28.6 Å². The summed E-state index contributed by atoms with van der Waals surface area (Å²) in [6.07, 6.45) is 8.36. The molecule has 12 nitrogen and oxygen atoms in total. The van der Waals surface area contributed by atoms with E-state index in [4.69, 9.17) is 40.1 Å². The summed E-state index contributed by atoms with van der Waals surface area (Å²) in [5.41, 5.74) is -0.363. The molecule has 7 rings (SSSR count). The molecule has 14 heteroatoms. The molecule has 3 aromatic rings. The summed E-state index contributed by atoms with van der Waals surface area (Å²) in [5, 5.41) is 1.17. The Morgan fingerprint density at radius 2 is 1.80 bits per heavy atom. The van der Waals surface area contributed by atoms with Crippen LogP contribution >= 0.6 is 0 Å². The van der Waals surface area contributed by atoms with E-state index in [1.807, 2.05) is 30.6 Å². The van der Waals surface area contributed by atoms with Crippen molar-refractivity contribution in [3.05, 3.63) is 41.2 Å². The maximum Gasteiger partial charge on any atom is 0.410 e. The van der Waals surface area contributed by atoms with Gasteiger partial charge in [0.25, 0.3) is 0 Å². The first-order valence-corrected chi connectivity index (χ1v) is 17.5. The summed E-state index contributed by atoms with van der Waals surface area (Å²) in [6, 6.07) is 6.29. The number of amides is 1. The quantitative estimate of drug-likeness (QED) is 0.204. The number of fused-ring (bicyclic) bond motifs is 4. The van der Waals surface area contributed by atoms with Crippen LogP contribution in [0.5, 0.6) is 17.8 Å². The van der Waals surface area contributed by atoms with Crippen molar-refractivity contribution in [1.82, 2.24) is 24.8 Å². The number of alkyl halides is 1. The molecule has 2 bridgehead atoms. The minimum absolute atomic E-state index is 0.0116. The van der Waals surface area contributed by atoms with Gasteiger partial charge >= 0.3 is 18.1 Å². The molecule has 0 aliphatic carbocycles. The second-order valence-corrected chi connectivity index (χ2v) is 14.8. The first-order valence-electron chi connectivity index (χ1n) is 17.5. The van der Waals surface area contributed by atoms with Crippen molar-refractivity contribution in [1.29, 1.82) is 0 Å². The number of methoxy groups -OCH3 is 1. The number of anilines is 1. The number of rotatable bonds is 10. The number of aromatic nitrogens is 3. The summed E-state index contributed by atoms with van der Waals surface area (Å²) in [4.78, 5) is 33.1. The maximum absolute atomic E-state index is 14.9. The Hall–Kier alpha value is -4.48. The summed E-state index contributed by atoms with van der Waals surface area (Å²) < 4.78 is 58.4. The van der Waals surface area contributed by atoms with Crippen molar-refractivity contribution in [3.8, 4) is 30.1 Å². The van der Waals surface area contributed by atoms with E-state index >= 15 is 0 Å². The molecule has 51 heavy (non-hydrogen) atoms. The minimum Gasteiger partial charge on any atom is -0.468 e. The van der Waals surface area contributed by atoms with E-state index in [1.54, 1.807) is 18.2 Å². The van der Waals surface area contributed by atoms with E-state index in [0.29, 0.717) is 54.1 Å². The molecule has 272 valence electrons. The van der Waals surface area contributed by atoms with Crippen LogP contribution in [0.1, 0.15) is 64.0 Å². The number of nitrogens with zero attached hydrogens (tertiary/aromatic N) is 6. The summed E-state index contributed by atoms with van der Waals surface area (Å²) in [6.45, 7) is 7.91. The largest absolute Gasteiger partial charge is 0.468 e. The number of piperazine rings is 1. The zero-order chi connectivity index (χ0) is 35.9. The first kappa shape index (κ1) is 34.9. The first-order chi connectivity index (χ1) is 24.4. The molecule has 4 aliphatic rings. The highest BCUT2D eigenvalue weighted by molar-refractivity contribution is 5.92. The second-order valence-electron chi connectivity index (χ2n) is 14.8. The number of hydrogen-bond acceptors (Lipinski definition) is 11. The fraction of sp³-hybridized carbons (Fsp3) is 0.568. The molecular weight excluding hydrogens is 662 g/mol. The summed E-state index contributed by atoms with van der Waals surface area (Å²) in [5.74, 6) is 2.76. The molecule has 5 heterocycles. The van der Waals surface area contributed by atoms with Gasteiger partial charge in [0.15, 0.2) is 6.79 Å². The predicted molar refractivity (Wildman–Crippen MR) is 184 cm³/mol. The maximum atomic E-state index is 14.9. The fourth-order valence-corrected chi connectivity index (χ4v) is 8.03. The topological polar surface area (TPSA) is 112 Å². The third-order valence-electron chi connectivity index (χ3n) is 10.1. The van der Waals surface area contributed by atoms with Crippen LogP contribution in [0.3, 0.4) is 0 Å². The van der Waals surface area contributed by atoms with Crippen LogP contribution in [0.25, 0.3) is 10.8 Å². The number of carbonyl (C=O) groups is 1. The van der Waals surface area contributed by atoms with Crippen LogP contribution in [-0.2, 0) is 16.1 Å². The molecule has 4 fully saturated rings. The zero-order valence-corrected chi connectivity index (χ0v) is 29.5.